The van der Waals surface area contributed by atoms with E-state index in [4.69, 9.17) is 0 Å². The van der Waals surface area contributed by atoms with E-state index in [1.54, 1.807) is 0 Å². The van der Waals surface area contributed by atoms with Gasteiger partial charge >= 0.3 is 0 Å². The summed E-state index contributed by atoms with van der Waals surface area (Å²) in [5.74, 6) is 0. The largest absolute Gasteiger partial charge is 0.382 e. The second kappa shape index (κ2) is 4.41. The molecule has 1 rings (SSSR count). The summed E-state index contributed by atoms with van der Waals surface area (Å²) in [7, 11) is 0. The van der Waals surface area contributed by atoms with Crippen LogP contribution in [-0.4, -0.2) is 34.6 Å². The van der Waals surface area contributed by atoms with Gasteiger partial charge in [0.05, 0.1) is 0 Å². The lowest BCUT2D eigenvalue weighted by molar-refractivity contribution is -0.548. The molecule has 1 aliphatic rings. The summed E-state index contributed by atoms with van der Waals surface area (Å²) in [5, 5.41) is 9.70. The Morgan fingerprint density at radius 2 is 2.25 bits per heavy atom. The highest BCUT2D eigenvalue weighted by Crippen LogP contribution is 2.15. The Bertz CT molecular complexity index is 196. The summed E-state index contributed by atoms with van der Waals surface area (Å²) < 4.78 is 2.23. The standard InChI is InChI=1S/C10H18NO/c1-3-6-10(12)9-7-5-8-11(9)4-2/h3-4,6,9-10,12H,5,7-8H2,1-2H3/q+1/b6-3+,11-4?/t9-,10+/m0/s1. The lowest BCUT2D eigenvalue weighted by atomic mass is 10.1. The van der Waals surface area contributed by atoms with Gasteiger partial charge in [-0.25, -0.2) is 4.58 Å². The van der Waals surface area contributed by atoms with E-state index in [0.29, 0.717) is 6.04 Å². The van der Waals surface area contributed by atoms with Crippen molar-refractivity contribution in [3.05, 3.63) is 12.2 Å². The van der Waals surface area contributed by atoms with Gasteiger partial charge in [-0.1, -0.05) is 12.2 Å². The number of aliphatic hydroxyl groups is 1. The van der Waals surface area contributed by atoms with Crippen molar-refractivity contribution in [1.29, 1.82) is 0 Å². The van der Waals surface area contributed by atoms with Crippen LogP contribution in [0, 0.1) is 0 Å². The number of hydrogen-bond donors (Lipinski definition) is 1. The molecule has 0 aromatic heterocycles. The Morgan fingerprint density at radius 1 is 1.50 bits per heavy atom. The van der Waals surface area contributed by atoms with Gasteiger partial charge < -0.3 is 5.11 Å². The molecule has 2 heteroatoms. The molecule has 2 nitrogen and oxygen atoms in total. The topological polar surface area (TPSA) is 23.2 Å². The molecule has 12 heavy (non-hydrogen) atoms. The first kappa shape index (κ1) is 9.46. The molecule has 0 amide bonds. The van der Waals surface area contributed by atoms with E-state index >= 15 is 0 Å². The van der Waals surface area contributed by atoms with Crippen molar-refractivity contribution in [3.8, 4) is 0 Å². The predicted molar refractivity (Wildman–Crippen MR) is 50.7 cm³/mol. The summed E-state index contributed by atoms with van der Waals surface area (Å²) in [6.45, 7) is 5.06. The number of hydrogen-bond acceptors (Lipinski definition) is 1. The second-order valence-electron chi connectivity index (χ2n) is 3.22. The van der Waals surface area contributed by atoms with Gasteiger partial charge in [0, 0.05) is 19.8 Å². The average Bonchev–Trinajstić information content (AvgIpc) is 2.51. The van der Waals surface area contributed by atoms with Crippen LogP contribution in [0.1, 0.15) is 26.7 Å². The number of nitrogens with zero attached hydrogens (tertiary/aromatic N) is 1. The molecular weight excluding hydrogens is 150 g/mol. The maximum Gasteiger partial charge on any atom is 0.181 e. The van der Waals surface area contributed by atoms with Crippen LogP contribution in [0.15, 0.2) is 12.2 Å². The molecule has 68 valence electrons. The van der Waals surface area contributed by atoms with Crippen LogP contribution in [0.4, 0.5) is 0 Å². The zero-order valence-corrected chi connectivity index (χ0v) is 7.90. The van der Waals surface area contributed by atoms with Gasteiger partial charge in [-0.3, -0.25) is 0 Å². The van der Waals surface area contributed by atoms with Crippen molar-refractivity contribution in [1.82, 2.24) is 0 Å². The molecule has 0 radical (unpaired) electrons. The van der Waals surface area contributed by atoms with Gasteiger partial charge in [0.25, 0.3) is 0 Å². The molecule has 0 aliphatic carbocycles. The molecule has 0 unspecified atom stereocenters. The SMILES string of the molecule is CC=[N+]1CCC[C@H]1[C@H](O)/C=C/C. The summed E-state index contributed by atoms with van der Waals surface area (Å²) >= 11 is 0. The van der Waals surface area contributed by atoms with Gasteiger partial charge in [-0.05, 0) is 6.92 Å². The minimum Gasteiger partial charge on any atom is -0.382 e. The van der Waals surface area contributed by atoms with Crippen LogP contribution >= 0.6 is 0 Å². The first-order valence-corrected chi connectivity index (χ1v) is 4.65. The highest BCUT2D eigenvalue weighted by molar-refractivity contribution is 5.47. The van der Waals surface area contributed by atoms with Gasteiger partial charge in [-0.15, -0.1) is 0 Å². The quantitative estimate of drug-likeness (QED) is 0.486. The molecule has 0 aromatic rings. The third-order valence-corrected chi connectivity index (χ3v) is 2.46. The normalized spacial score (nSPS) is 30.2. The first-order chi connectivity index (χ1) is 5.79. The van der Waals surface area contributed by atoms with Crippen molar-refractivity contribution in [2.45, 2.75) is 38.8 Å². The van der Waals surface area contributed by atoms with Crippen molar-refractivity contribution in [2.75, 3.05) is 6.54 Å². The smallest absolute Gasteiger partial charge is 0.181 e. The molecule has 1 saturated heterocycles. The Balaban J connectivity index is 2.61. The number of rotatable bonds is 2. The minimum absolute atomic E-state index is 0.298. The Hall–Kier alpha value is -0.630. The molecule has 1 aliphatic heterocycles. The number of allylic oxidation sites excluding steroid dienone is 1. The fourth-order valence-corrected chi connectivity index (χ4v) is 1.83. The van der Waals surface area contributed by atoms with E-state index in [0.717, 1.165) is 13.0 Å². The zero-order valence-electron chi connectivity index (χ0n) is 7.90. The molecular formula is C10H18NO+. The summed E-state index contributed by atoms with van der Waals surface area (Å²) in [4.78, 5) is 0. The van der Waals surface area contributed by atoms with Gasteiger partial charge in [0.2, 0.25) is 0 Å². The monoisotopic (exact) mass is 168 g/mol. The van der Waals surface area contributed by atoms with Crippen LogP contribution in [0.3, 0.4) is 0 Å². The average molecular weight is 168 g/mol. The van der Waals surface area contributed by atoms with Crippen molar-refractivity contribution < 1.29 is 9.68 Å². The van der Waals surface area contributed by atoms with E-state index < -0.39 is 0 Å². The summed E-state index contributed by atoms with van der Waals surface area (Å²) in [6.07, 6.45) is 7.86. The van der Waals surface area contributed by atoms with Crippen LogP contribution in [0.25, 0.3) is 0 Å². The zero-order chi connectivity index (χ0) is 8.97. The molecule has 0 spiro atoms. The van der Waals surface area contributed by atoms with E-state index in [1.807, 2.05) is 26.0 Å². The minimum atomic E-state index is -0.298. The summed E-state index contributed by atoms with van der Waals surface area (Å²) in [6, 6.07) is 0.311. The number of aliphatic hydroxyl groups excluding tert-OH is 1. The fraction of sp³-hybridized carbons (Fsp3) is 0.700. The van der Waals surface area contributed by atoms with Gasteiger partial charge in [-0.2, -0.15) is 0 Å². The fourth-order valence-electron chi connectivity index (χ4n) is 1.83. The molecule has 2 atom stereocenters. The maximum atomic E-state index is 9.70. The maximum absolute atomic E-state index is 9.70. The highest BCUT2D eigenvalue weighted by Gasteiger charge is 2.31. The second-order valence-corrected chi connectivity index (χ2v) is 3.22. The first-order valence-electron chi connectivity index (χ1n) is 4.65. The van der Waals surface area contributed by atoms with Crippen LogP contribution in [0.5, 0.6) is 0 Å². The molecule has 0 saturated carbocycles. The van der Waals surface area contributed by atoms with E-state index in [1.165, 1.54) is 6.42 Å². The van der Waals surface area contributed by atoms with Crippen molar-refractivity contribution in [2.24, 2.45) is 0 Å². The van der Waals surface area contributed by atoms with Crippen LogP contribution < -0.4 is 0 Å². The summed E-state index contributed by atoms with van der Waals surface area (Å²) in [5.41, 5.74) is 0. The third kappa shape index (κ3) is 1.95. The predicted octanol–water partition coefficient (Wildman–Crippen LogP) is 1.19. The molecule has 0 bridgehead atoms. The van der Waals surface area contributed by atoms with Gasteiger partial charge in [0.1, 0.15) is 18.9 Å². The van der Waals surface area contributed by atoms with Crippen molar-refractivity contribution in [3.63, 3.8) is 0 Å². The lowest BCUT2D eigenvalue weighted by Gasteiger charge is -2.10. The van der Waals surface area contributed by atoms with Crippen LogP contribution in [0.2, 0.25) is 0 Å². The molecule has 0 aromatic carbocycles. The van der Waals surface area contributed by atoms with E-state index in [-0.39, 0.29) is 6.10 Å². The molecule has 1 fully saturated rings. The molecule has 1 heterocycles. The Kier molecular flexibility index (Phi) is 3.48. The lowest BCUT2D eigenvalue weighted by Crippen LogP contribution is -2.31. The van der Waals surface area contributed by atoms with Crippen LogP contribution in [-0.2, 0) is 0 Å². The van der Waals surface area contributed by atoms with Crippen molar-refractivity contribution >= 4 is 6.21 Å². The Labute approximate surface area is 74.2 Å². The highest BCUT2D eigenvalue weighted by atomic mass is 16.3. The van der Waals surface area contributed by atoms with E-state index in [9.17, 15) is 5.11 Å². The van der Waals surface area contributed by atoms with Gasteiger partial charge in [0.15, 0.2) is 6.04 Å². The van der Waals surface area contributed by atoms with E-state index in [2.05, 4.69) is 10.8 Å². The molecule has 1 N–H and O–H groups in total. The Morgan fingerprint density at radius 3 is 2.83 bits per heavy atom. The third-order valence-electron chi connectivity index (χ3n) is 2.46.